The van der Waals surface area contributed by atoms with Crippen LogP contribution in [-0.2, 0) is 9.47 Å². The summed E-state index contributed by atoms with van der Waals surface area (Å²) in [5.74, 6) is -0.795. The van der Waals surface area contributed by atoms with Gasteiger partial charge in [0.2, 0.25) is 5.76 Å². The SMILES string of the molecule is CCCOC(=O)c1cc2c(o1)c(NC(=O)c1coc(C)c1)nn2C(=O)OCC. The second-order valence-electron chi connectivity index (χ2n) is 5.82. The molecule has 3 heterocycles. The zero-order valence-electron chi connectivity index (χ0n) is 15.6. The second kappa shape index (κ2) is 7.99. The Balaban J connectivity index is 1.98. The monoisotopic (exact) mass is 389 g/mol. The average Bonchev–Trinajstić information content (AvgIpc) is 3.36. The van der Waals surface area contributed by atoms with Crippen LogP contribution in [0.1, 0.15) is 46.9 Å². The van der Waals surface area contributed by atoms with E-state index in [1.807, 2.05) is 6.92 Å². The van der Waals surface area contributed by atoms with E-state index in [9.17, 15) is 14.4 Å². The zero-order chi connectivity index (χ0) is 20.3. The molecule has 3 aromatic rings. The highest BCUT2D eigenvalue weighted by atomic mass is 16.6. The summed E-state index contributed by atoms with van der Waals surface area (Å²) in [5.41, 5.74) is 0.483. The molecular weight excluding hydrogens is 370 g/mol. The van der Waals surface area contributed by atoms with E-state index in [4.69, 9.17) is 18.3 Å². The van der Waals surface area contributed by atoms with Crippen LogP contribution in [0.2, 0.25) is 0 Å². The Morgan fingerprint density at radius 2 is 2.00 bits per heavy atom. The maximum atomic E-state index is 12.4. The van der Waals surface area contributed by atoms with Crippen molar-refractivity contribution in [1.29, 1.82) is 0 Å². The molecule has 0 saturated carbocycles. The van der Waals surface area contributed by atoms with Gasteiger partial charge in [0, 0.05) is 6.07 Å². The molecule has 0 aliphatic rings. The minimum Gasteiger partial charge on any atom is -0.469 e. The van der Waals surface area contributed by atoms with Crippen LogP contribution < -0.4 is 5.32 Å². The number of anilines is 1. The van der Waals surface area contributed by atoms with Crippen LogP contribution >= 0.6 is 0 Å². The Morgan fingerprint density at radius 1 is 1.21 bits per heavy atom. The van der Waals surface area contributed by atoms with Gasteiger partial charge in [0.15, 0.2) is 11.4 Å². The molecule has 0 atom stereocenters. The fourth-order valence-electron chi connectivity index (χ4n) is 2.42. The molecule has 148 valence electrons. The van der Waals surface area contributed by atoms with E-state index < -0.39 is 18.0 Å². The van der Waals surface area contributed by atoms with Crippen molar-refractivity contribution in [1.82, 2.24) is 9.78 Å². The molecular formula is C18H19N3O7. The summed E-state index contributed by atoms with van der Waals surface area (Å²) in [7, 11) is 0. The predicted molar refractivity (Wildman–Crippen MR) is 96.4 cm³/mol. The van der Waals surface area contributed by atoms with Crippen molar-refractivity contribution in [3.05, 3.63) is 35.5 Å². The maximum Gasteiger partial charge on any atom is 0.435 e. The van der Waals surface area contributed by atoms with E-state index in [1.54, 1.807) is 19.9 Å². The van der Waals surface area contributed by atoms with Crippen molar-refractivity contribution >= 4 is 34.9 Å². The maximum absolute atomic E-state index is 12.4. The summed E-state index contributed by atoms with van der Waals surface area (Å²) >= 11 is 0. The molecule has 1 amide bonds. The molecule has 0 fully saturated rings. The van der Waals surface area contributed by atoms with Gasteiger partial charge < -0.3 is 23.6 Å². The number of carbonyl (C=O) groups is 3. The Labute approximate surface area is 159 Å². The number of hydrogen-bond donors (Lipinski definition) is 1. The smallest absolute Gasteiger partial charge is 0.435 e. The highest BCUT2D eigenvalue weighted by Crippen LogP contribution is 2.28. The Bertz CT molecular complexity index is 1030. The van der Waals surface area contributed by atoms with Crippen LogP contribution in [0.3, 0.4) is 0 Å². The van der Waals surface area contributed by atoms with Gasteiger partial charge in [0.1, 0.15) is 17.5 Å². The number of carbonyl (C=O) groups excluding carboxylic acids is 3. The zero-order valence-corrected chi connectivity index (χ0v) is 15.6. The van der Waals surface area contributed by atoms with E-state index in [-0.39, 0.29) is 41.5 Å². The molecule has 0 aromatic carbocycles. The van der Waals surface area contributed by atoms with E-state index in [1.165, 1.54) is 12.3 Å². The summed E-state index contributed by atoms with van der Waals surface area (Å²) < 4.78 is 21.5. The molecule has 0 radical (unpaired) electrons. The van der Waals surface area contributed by atoms with Crippen LogP contribution in [-0.4, -0.2) is 41.0 Å². The van der Waals surface area contributed by atoms with E-state index in [0.29, 0.717) is 12.2 Å². The standard InChI is InChI=1S/C18H19N3O7/c1-4-6-26-17(23)13-8-12-14(28-13)15(20-21(12)18(24)25-5-2)19-16(22)11-7-10(3)27-9-11/h7-9H,4-6H2,1-3H3,(H,19,20,22). The summed E-state index contributed by atoms with van der Waals surface area (Å²) in [6.07, 6.45) is 1.16. The molecule has 0 spiro atoms. The van der Waals surface area contributed by atoms with Crippen LogP contribution in [0.4, 0.5) is 10.6 Å². The first-order valence-corrected chi connectivity index (χ1v) is 8.67. The molecule has 0 aliphatic carbocycles. The third kappa shape index (κ3) is 3.75. The second-order valence-corrected chi connectivity index (χ2v) is 5.82. The number of amides is 1. The number of furan rings is 2. The molecule has 3 rings (SSSR count). The van der Waals surface area contributed by atoms with Crippen molar-refractivity contribution in [3.63, 3.8) is 0 Å². The number of fused-ring (bicyclic) bond motifs is 1. The summed E-state index contributed by atoms with van der Waals surface area (Å²) in [6.45, 7) is 5.55. The number of hydrogen-bond acceptors (Lipinski definition) is 8. The van der Waals surface area contributed by atoms with Gasteiger partial charge >= 0.3 is 12.1 Å². The molecule has 10 heteroatoms. The topological polar surface area (TPSA) is 126 Å². The number of nitrogens with one attached hydrogen (secondary N) is 1. The summed E-state index contributed by atoms with van der Waals surface area (Å²) in [5, 5.41) is 6.58. The molecule has 1 N–H and O–H groups in total. The fraction of sp³-hybridized carbons (Fsp3) is 0.333. The molecule has 0 bridgehead atoms. The number of esters is 1. The molecule has 3 aromatic heterocycles. The number of nitrogens with zero attached hydrogens (tertiary/aromatic N) is 2. The molecule has 0 saturated heterocycles. The van der Waals surface area contributed by atoms with Gasteiger partial charge in [-0.15, -0.1) is 5.10 Å². The Morgan fingerprint density at radius 3 is 2.64 bits per heavy atom. The number of ether oxygens (including phenoxy) is 2. The molecule has 28 heavy (non-hydrogen) atoms. The Kier molecular flexibility index (Phi) is 5.48. The van der Waals surface area contributed by atoms with Gasteiger partial charge in [0.25, 0.3) is 5.91 Å². The van der Waals surface area contributed by atoms with Gasteiger partial charge in [-0.1, -0.05) is 6.92 Å². The first kappa shape index (κ1) is 19.2. The number of aryl methyl sites for hydroxylation is 1. The van der Waals surface area contributed by atoms with Gasteiger partial charge in [-0.05, 0) is 26.3 Å². The minimum absolute atomic E-state index is 0.0403. The van der Waals surface area contributed by atoms with Crippen LogP contribution in [0.25, 0.3) is 11.1 Å². The van der Waals surface area contributed by atoms with Crippen LogP contribution in [0.15, 0.2) is 27.2 Å². The fourth-order valence-corrected chi connectivity index (χ4v) is 2.42. The Hall–Kier alpha value is -3.56. The van der Waals surface area contributed by atoms with Gasteiger partial charge in [0.05, 0.1) is 18.8 Å². The van der Waals surface area contributed by atoms with E-state index in [2.05, 4.69) is 10.4 Å². The van der Waals surface area contributed by atoms with Crippen molar-refractivity contribution in [3.8, 4) is 0 Å². The lowest BCUT2D eigenvalue weighted by Gasteiger charge is -2.02. The lowest BCUT2D eigenvalue weighted by atomic mass is 10.3. The molecule has 0 unspecified atom stereocenters. The minimum atomic E-state index is -0.776. The molecule has 0 aliphatic heterocycles. The highest BCUT2D eigenvalue weighted by Gasteiger charge is 2.25. The van der Waals surface area contributed by atoms with Crippen molar-refractivity contribution in [2.24, 2.45) is 0 Å². The van der Waals surface area contributed by atoms with E-state index >= 15 is 0 Å². The highest BCUT2D eigenvalue weighted by molar-refractivity contribution is 6.08. The third-order valence-corrected chi connectivity index (χ3v) is 3.66. The van der Waals surface area contributed by atoms with E-state index in [0.717, 1.165) is 4.68 Å². The first-order valence-electron chi connectivity index (χ1n) is 8.67. The number of aromatic nitrogens is 2. The van der Waals surface area contributed by atoms with Crippen molar-refractivity contribution in [2.45, 2.75) is 27.2 Å². The quantitative estimate of drug-likeness (QED) is 0.636. The van der Waals surface area contributed by atoms with Crippen LogP contribution in [0.5, 0.6) is 0 Å². The number of rotatable bonds is 6. The third-order valence-electron chi connectivity index (χ3n) is 3.66. The van der Waals surface area contributed by atoms with Gasteiger partial charge in [-0.2, -0.15) is 4.68 Å². The van der Waals surface area contributed by atoms with Crippen molar-refractivity contribution in [2.75, 3.05) is 18.5 Å². The molecule has 10 nitrogen and oxygen atoms in total. The van der Waals surface area contributed by atoms with Crippen molar-refractivity contribution < 1.29 is 32.7 Å². The normalized spacial score (nSPS) is 10.8. The van der Waals surface area contributed by atoms with Crippen LogP contribution in [0, 0.1) is 6.92 Å². The predicted octanol–water partition coefficient (Wildman–Crippen LogP) is 3.35. The first-order chi connectivity index (χ1) is 13.4. The lowest BCUT2D eigenvalue weighted by molar-refractivity contribution is 0.0471. The average molecular weight is 389 g/mol. The van der Waals surface area contributed by atoms with Gasteiger partial charge in [-0.25, -0.2) is 9.59 Å². The summed E-state index contributed by atoms with van der Waals surface area (Å²) in [6, 6.07) is 2.86. The lowest BCUT2D eigenvalue weighted by Crippen LogP contribution is -2.16. The largest absolute Gasteiger partial charge is 0.469 e. The van der Waals surface area contributed by atoms with Gasteiger partial charge in [-0.3, -0.25) is 4.79 Å². The summed E-state index contributed by atoms with van der Waals surface area (Å²) in [4.78, 5) is 36.6.